The van der Waals surface area contributed by atoms with Gasteiger partial charge in [0.05, 0.1) is 17.8 Å². The quantitative estimate of drug-likeness (QED) is 0.274. The van der Waals surface area contributed by atoms with Crippen molar-refractivity contribution in [3.8, 4) is 5.75 Å². The number of imide groups is 1. The Balaban J connectivity index is 1.36. The van der Waals surface area contributed by atoms with Gasteiger partial charge in [0.1, 0.15) is 17.4 Å². The molecule has 0 saturated carbocycles. The molecule has 3 aromatic rings. The van der Waals surface area contributed by atoms with Crippen molar-refractivity contribution < 1.29 is 33.0 Å². The maximum atomic E-state index is 13.8. The van der Waals surface area contributed by atoms with Crippen LogP contribution >= 0.6 is 0 Å². The first kappa shape index (κ1) is 29.8. The van der Waals surface area contributed by atoms with Gasteiger partial charge in [0.15, 0.2) is 6.61 Å². The lowest BCUT2D eigenvalue weighted by atomic mass is 10.0. The molecule has 0 unspecified atom stereocenters. The molecule has 3 amide bonds. The summed E-state index contributed by atoms with van der Waals surface area (Å²) in [6.45, 7) is 2.29. The fourth-order valence-electron chi connectivity index (χ4n) is 4.69. The van der Waals surface area contributed by atoms with E-state index in [2.05, 4.69) is 23.6 Å². The maximum Gasteiger partial charge on any atom is 0.258 e. The molecule has 0 aliphatic carbocycles. The lowest BCUT2D eigenvalue weighted by molar-refractivity contribution is -0.124. The van der Waals surface area contributed by atoms with Crippen molar-refractivity contribution in [2.24, 2.45) is 0 Å². The zero-order chi connectivity index (χ0) is 29.4. The number of halogens is 2. The third kappa shape index (κ3) is 8.42. The van der Waals surface area contributed by atoms with Gasteiger partial charge in [-0.2, -0.15) is 0 Å². The molecule has 2 atom stereocenters. The van der Waals surface area contributed by atoms with E-state index in [1.807, 2.05) is 18.2 Å². The van der Waals surface area contributed by atoms with E-state index in [-0.39, 0.29) is 49.8 Å². The van der Waals surface area contributed by atoms with E-state index < -0.39 is 29.7 Å². The fourth-order valence-corrected chi connectivity index (χ4v) is 4.69. The Labute approximate surface area is 237 Å². The molecule has 1 saturated heterocycles. The van der Waals surface area contributed by atoms with Crippen molar-refractivity contribution in [1.29, 1.82) is 0 Å². The molecular weight excluding hydrogens is 532 g/mol. The Kier molecular flexibility index (Phi) is 10.2. The number of carbonyl (C=O) groups is 3. The normalized spacial score (nSPS) is 14.7. The molecule has 8 nitrogen and oxygen atoms in total. The van der Waals surface area contributed by atoms with Crippen LogP contribution in [0, 0.1) is 11.6 Å². The van der Waals surface area contributed by atoms with Gasteiger partial charge in [-0.05, 0) is 65.9 Å². The molecule has 1 aliphatic rings. The minimum absolute atomic E-state index is 0.0127. The van der Waals surface area contributed by atoms with Crippen LogP contribution in [0.3, 0.4) is 0 Å². The third-order valence-electron chi connectivity index (χ3n) is 6.79. The standard InChI is InChI=1S/C31H33F2N3O5/c1-2-20-4-3-5-21(12-20)17-34-18-28(37)27(15-22-13-23(32)16-24(33)14-22)35-29(38)19-41-26-8-6-25(7-9-26)36-30(39)10-11-31(36)40/h3-9,12-14,16,27-28,34,37H,2,10-11,15,17-19H2,1H3,(H,35,38)/t27-,28+/m0/s1. The molecule has 41 heavy (non-hydrogen) atoms. The predicted octanol–water partition coefficient (Wildman–Crippen LogP) is 3.44. The number of nitrogens with one attached hydrogen (secondary N) is 2. The first-order valence-electron chi connectivity index (χ1n) is 13.5. The van der Waals surface area contributed by atoms with E-state index in [1.54, 1.807) is 24.3 Å². The van der Waals surface area contributed by atoms with Gasteiger partial charge < -0.3 is 20.5 Å². The molecule has 1 aliphatic heterocycles. The highest BCUT2D eigenvalue weighted by Gasteiger charge is 2.30. The number of aliphatic hydroxyl groups excluding tert-OH is 1. The van der Waals surface area contributed by atoms with Crippen LogP contribution in [0.15, 0.2) is 66.7 Å². The van der Waals surface area contributed by atoms with Crippen LogP contribution in [0.1, 0.15) is 36.5 Å². The second kappa shape index (κ2) is 14.0. The Hall–Kier alpha value is -4.15. The number of aliphatic hydroxyl groups is 1. The van der Waals surface area contributed by atoms with Crippen LogP contribution in [0.2, 0.25) is 0 Å². The summed E-state index contributed by atoms with van der Waals surface area (Å²) in [6.07, 6.45) is 0.164. The highest BCUT2D eigenvalue weighted by molar-refractivity contribution is 6.19. The summed E-state index contributed by atoms with van der Waals surface area (Å²) in [5.74, 6) is -2.25. The Morgan fingerprint density at radius 2 is 1.61 bits per heavy atom. The molecule has 10 heteroatoms. The zero-order valence-electron chi connectivity index (χ0n) is 22.7. The van der Waals surface area contributed by atoms with Crippen molar-refractivity contribution >= 4 is 23.4 Å². The predicted molar refractivity (Wildman–Crippen MR) is 149 cm³/mol. The summed E-state index contributed by atoms with van der Waals surface area (Å²) >= 11 is 0. The number of amides is 3. The van der Waals surface area contributed by atoms with Gasteiger partial charge >= 0.3 is 0 Å². The highest BCUT2D eigenvalue weighted by Crippen LogP contribution is 2.25. The monoisotopic (exact) mass is 565 g/mol. The van der Waals surface area contributed by atoms with Crippen LogP contribution in [-0.2, 0) is 33.8 Å². The average molecular weight is 566 g/mol. The van der Waals surface area contributed by atoms with E-state index in [9.17, 15) is 28.3 Å². The largest absolute Gasteiger partial charge is 0.484 e. The number of hydrogen-bond donors (Lipinski definition) is 3. The van der Waals surface area contributed by atoms with Crippen molar-refractivity contribution in [3.63, 3.8) is 0 Å². The summed E-state index contributed by atoms with van der Waals surface area (Å²) in [5, 5.41) is 16.8. The highest BCUT2D eigenvalue weighted by atomic mass is 19.1. The van der Waals surface area contributed by atoms with Crippen molar-refractivity contribution in [3.05, 3.63) is 95.1 Å². The molecule has 0 aromatic heterocycles. The Morgan fingerprint density at radius 3 is 2.27 bits per heavy atom. The lowest BCUT2D eigenvalue weighted by Gasteiger charge is -2.25. The van der Waals surface area contributed by atoms with Gasteiger partial charge in [-0.25, -0.2) is 8.78 Å². The number of nitrogens with zero attached hydrogens (tertiary/aromatic N) is 1. The number of anilines is 1. The second-order valence-electron chi connectivity index (χ2n) is 9.93. The van der Waals surface area contributed by atoms with Crippen LogP contribution in [0.4, 0.5) is 14.5 Å². The number of benzene rings is 3. The number of rotatable bonds is 13. The van der Waals surface area contributed by atoms with Gasteiger partial charge in [0.25, 0.3) is 5.91 Å². The molecule has 0 radical (unpaired) electrons. The smallest absolute Gasteiger partial charge is 0.258 e. The van der Waals surface area contributed by atoms with Gasteiger partial charge in [0.2, 0.25) is 11.8 Å². The van der Waals surface area contributed by atoms with Gasteiger partial charge in [-0.3, -0.25) is 19.3 Å². The molecule has 3 aromatic carbocycles. The topological polar surface area (TPSA) is 108 Å². The first-order valence-corrected chi connectivity index (χ1v) is 13.5. The third-order valence-corrected chi connectivity index (χ3v) is 6.79. The number of aryl methyl sites for hydroxylation is 1. The van der Waals surface area contributed by atoms with Crippen LogP contribution in [0.25, 0.3) is 0 Å². The maximum absolute atomic E-state index is 13.8. The Morgan fingerprint density at radius 1 is 0.951 bits per heavy atom. The van der Waals surface area contributed by atoms with E-state index in [0.29, 0.717) is 18.0 Å². The number of carbonyl (C=O) groups excluding carboxylic acids is 3. The summed E-state index contributed by atoms with van der Waals surface area (Å²) in [5.41, 5.74) is 2.94. The van der Waals surface area contributed by atoms with Gasteiger partial charge in [-0.1, -0.05) is 31.2 Å². The number of ether oxygens (including phenoxy) is 1. The second-order valence-corrected chi connectivity index (χ2v) is 9.93. The molecule has 3 N–H and O–H groups in total. The van der Waals surface area contributed by atoms with Crippen LogP contribution < -0.4 is 20.3 Å². The Bertz CT molecular complexity index is 1350. The van der Waals surface area contributed by atoms with Crippen molar-refractivity contribution in [2.45, 2.75) is 51.3 Å². The molecule has 0 bridgehead atoms. The number of hydrogen-bond acceptors (Lipinski definition) is 6. The van der Waals surface area contributed by atoms with Gasteiger partial charge in [0, 0.05) is 32.0 Å². The molecule has 0 spiro atoms. The van der Waals surface area contributed by atoms with Gasteiger partial charge in [-0.15, -0.1) is 0 Å². The zero-order valence-corrected chi connectivity index (χ0v) is 22.7. The van der Waals surface area contributed by atoms with E-state index >= 15 is 0 Å². The van der Waals surface area contributed by atoms with E-state index in [0.717, 1.165) is 35.1 Å². The molecule has 4 rings (SSSR count). The van der Waals surface area contributed by atoms with E-state index in [1.165, 1.54) is 5.56 Å². The lowest BCUT2D eigenvalue weighted by Crippen LogP contribution is -2.49. The molecule has 1 heterocycles. The molecular formula is C31H33F2N3O5. The van der Waals surface area contributed by atoms with Crippen LogP contribution in [0.5, 0.6) is 5.75 Å². The minimum Gasteiger partial charge on any atom is -0.484 e. The van der Waals surface area contributed by atoms with Crippen molar-refractivity contribution in [2.75, 3.05) is 18.1 Å². The summed E-state index contributed by atoms with van der Waals surface area (Å²) < 4.78 is 33.2. The summed E-state index contributed by atoms with van der Waals surface area (Å²) in [7, 11) is 0. The summed E-state index contributed by atoms with van der Waals surface area (Å²) in [4.78, 5) is 37.7. The fraction of sp³-hybridized carbons (Fsp3) is 0.323. The minimum atomic E-state index is -1.07. The molecule has 1 fully saturated rings. The van der Waals surface area contributed by atoms with Crippen molar-refractivity contribution in [1.82, 2.24) is 10.6 Å². The average Bonchev–Trinajstić information content (AvgIpc) is 3.28. The summed E-state index contributed by atoms with van der Waals surface area (Å²) in [6, 6.07) is 16.5. The first-order chi connectivity index (χ1) is 19.7. The SMILES string of the molecule is CCc1cccc(CNC[C@@H](O)[C@H](Cc2cc(F)cc(F)c2)NC(=O)COc2ccc(N3C(=O)CCC3=O)cc2)c1. The van der Waals surface area contributed by atoms with Crippen LogP contribution in [-0.4, -0.2) is 48.1 Å². The molecule has 216 valence electrons. The van der Waals surface area contributed by atoms with E-state index in [4.69, 9.17) is 4.74 Å².